The van der Waals surface area contributed by atoms with Gasteiger partial charge in [-0.25, -0.2) is 0 Å². The summed E-state index contributed by atoms with van der Waals surface area (Å²) < 4.78 is 0. The highest BCUT2D eigenvalue weighted by molar-refractivity contribution is 5.36. The maximum atomic E-state index is 9.72. The largest absolute Gasteiger partial charge is 0.508 e. The maximum absolute atomic E-state index is 9.72. The van der Waals surface area contributed by atoms with Crippen LogP contribution in [0.3, 0.4) is 0 Å². The second-order valence-corrected chi connectivity index (χ2v) is 4.11. The van der Waals surface area contributed by atoms with Crippen LogP contribution in [0.4, 0.5) is 0 Å². The molecular weight excluding hydrogens is 174 g/mol. The summed E-state index contributed by atoms with van der Waals surface area (Å²) >= 11 is 0. The maximum Gasteiger partial charge on any atom is 0.119 e. The van der Waals surface area contributed by atoms with Crippen LogP contribution >= 0.6 is 0 Å². The SMILES string of the molecule is N[C@@H]1CCCC[C@H]1c1ccccc1O. The van der Waals surface area contributed by atoms with Gasteiger partial charge < -0.3 is 10.8 Å². The number of aromatic hydroxyl groups is 1. The summed E-state index contributed by atoms with van der Waals surface area (Å²) in [5.74, 6) is 0.750. The van der Waals surface area contributed by atoms with Gasteiger partial charge in [0.2, 0.25) is 0 Å². The zero-order valence-electron chi connectivity index (χ0n) is 8.32. The van der Waals surface area contributed by atoms with Gasteiger partial charge in [-0.15, -0.1) is 0 Å². The molecule has 3 N–H and O–H groups in total. The molecule has 0 aliphatic heterocycles. The molecule has 2 heteroatoms. The predicted octanol–water partition coefficient (Wildman–Crippen LogP) is 2.38. The Hall–Kier alpha value is -1.02. The van der Waals surface area contributed by atoms with E-state index >= 15 is 0 Å². The van der Waals surface area contributed by atoms with Crippen LogP contribution in [-0.4, -0.2) is 11.1 Å². The summed E-state index contributed by atoms with van der Waals surface area (Å²) in [5, 5.41) is 9.72. The van der Waals surface area contributed by atoms with E-state index < -0.39 is 0 Å². The third-order valence-electron chi connectivity index (χ3n) is 3.16. The summed E-state index contributed by atoms with van der Waals surface area (Å²) in [6, 6.07) is 7.78. The minimum atomic E-state index is 0.219. The molecule has 2 nitrogen and oxygen atoms in total. The first-order valence-electron chi connectivity index (χ1n) is 5.32. The van der Waals surface area contributed by atoms with E-state index in [0.29, 0.717) is 11.7 Å². The molecule has 0 amide bonds. The van der Waals surface area contributed by atoms with Crippen molar-refractivity contribution < 1.29 is 5.11 Å². The third-order valence-corrected chi connectivity index (χ3v) is 3.16. The average Bonchev–Trinajstić information content (AvgIpc) is 2.20. The monoisotopic (exact) mass is 191 g/mol. The van der Waals surface area contributed by atoms with Gasteiger partial charge in [-0.2, -0.15) is 0 Å². The van der Waals surface area contributed by atoms with Gasteiger partial charge in [-0.1, -0.05) is 31.0 Å². The molecule has 1 aromatic rings. The van der Waals surface area contributed by atoms with Crippen molar-refractivity contribution in [2.75, 3.05) is 0 Å². The van der Waals surface area contributed by atoms with Crippen molar-refractivity contribution in [3.8, 4) is 5.75 Å². The van der Waals surface area contributed by atoms with Crippen LogP contribution in [0.5, 0.6) is 5.75 Å². The lowest BCUT2D eigenvalue weighted by Gasteiger charge is -2.29. The first-order chi connectivity index (χ1) is 6.79. The van der Waals surface area contributed by atoms with Crippen LogP contribution in [-0.2, 0) is 0 Å². The molecule has 1 fully saturated rings. The number of hydrogen-bond acceptors (Lipinski definition) is 2. The molecule has 0 heterocycles. The fraction of sp³-hybridized carbons (Fsp3) is 0.500. The van der Waals surface area contributed by atoms with Crippen LogP contribution < -0.4 is 5.73 Å². The molecule has 14 heavy (non-hydrogen) atoms. The fourth-order valence-corrected chi connectivity index (χ4v) is 2.35. The van der Waals surface area contributed by atoms with Gasteiger partial charge in [-0.3, -0.25) is 0 Å². The van der Waals surface area contributed by atoms with Crippen LogP contribution in [0.1, 0.15) is 37.2 Å². The zero-order valence-corrected chi connectivity index (χ0v) is 8.32. The van der Waals surface area contributed by atoms with Gasteiger partial charge in [0.15, 0.2) is 0 Å². The standard InChI is InChI=1S/C12H17NO/c13-11-7-3-1-5-9(11)10-6-2-4-8-12(10)14/h2,4,6,8-9,11,14H,1,3,5,7,13H2/t9-,11+/m0/s1. The highest BCUT2D eigenvalue weighted by Crippen LogP contribution is 2.35. The summed E-state index contributed by atoms with van der Waals surface area (Å²) in [4.78, 5) is 0. The number of hydrogen-bond donors (Lipinski definition) is 2. The molecule has 1 aliphatic carbocycles. The number of nitrogens with two attached hydrogens (primary N) is 1. The van der Waals surface area contributed by atoms with Gasteiger partial charge in [0, 0.05) is 12.0 Å². The van der Waals surface area contributed by atoms with Gasteiger partial charge in [0.25, 0.3) is 0 Å². The first-order valence-corrected chi connectivity index (χ1v) is 5.32. The minimum Gasteiger partial charge on any atom is -0.508 e. The highest BCUT2D eigenvalue weighted by atomic mass is 16.3. The van der Waals surface area contributed by atoms with E-state index in [-0.39, 0.29) is 6.04 Å². The first kappa shape index (κ1) is 9.53. The van der Waals surface area contributed by atoms with E-state index in [1.54, 1.807) is 6.07 Å². The summed E-state index contributed by atoms with van der Waals surface area (Å²) in [5.41, 5.74) is 7.10. The van der Waals surface area contributed by atoms with Crippen molar-refractivity contribution in [2.24, 2.45) is 5.73 Å². The van der Waals surface area contributed by atoms with Crippen molar-refractivity contribution in [1.82, 2.24) is 0 Å². The molecule has 0 radical (unpaired) electrons. The molecule has 1 saturated carbocycles. The van der Waals surface area contributed by atoms with E-state index in [4.69, 9.17) is 5.73 Å². The summed E-state index contributed by atoms with van der Waals surface area (Å²) in [7, 11) is 0. The molecule has 1 aliphatic rings. The number of rotatable bonds is 1. The van der Waals surface area contributed by atoms with Crippen molar-refractivity contribution in [3.63, 3.8) is 0 Å². The predicted molar refractivity (Wildman–Crippen MR) is 57.3 cm³/mol. The lowest BCUT2D eigenvalue weighted by molar-refractivity contribution is 0.371. The Kier molecular flexibility index (Phi) is 2.73. The van der Waals surface area contributed by atoms with Crippen molar-refractivity contribution in [2.45, 2.75) is 37.6 Å². The second kappa shape index (κ2) is 4.01. The zero-order chi connectivity index (χ0) is 9.97. The number of phenolic OH excluding ortho intramolecular Hbond substituents is 1. The van der Waals surface area contributed by atoms with E-state index in [9.17, 15) is 5.11 Å². The number of benzene rings is 1. The van der Waals surface area contributed by atoms with Gasteiger partial charge in [0.05, 0.1) is 0 Å². The molecule has 0 unspecified atom stereocenters. The van der Waals surface area contributed by atoms with E-state index in [1.165, 1.54) is 12.8 Å². The van der Waals surface area contributed by atoms with E-state index in [1.807, 2.05) is 18.2 Å². The Bertz CT molecular complexity index is 311. The number of phenols is 1. The highest BCUT2D eigenvalue weighted by Gasteiger charge is 2.24. The van der Waals surface area contributed by atoms with Gasteiger partial charge >= 0.3 is 0 Å². The smallest absolute Gasteiger partial charge is 0.119 e. The normalized spacial score (nSPS) is 27.5. The van der Waals surface area contributed by atoms with E-state index in [0.717, 1.165) is 18.4 Å². The lowest BCUT2D eigenvalue weighted by atomic mass is 9.80. The molecule has 0 saturated heterocycles. The molecule has 0 spiro atoms. The molecular formula is C12H17NO. The van der Waals surface area contributed by atoms with Gasteiger partial charge in [0.1, 0.15) is 5.75 Å². The molecule has 2 atom stereocenters. The average molecular weight is 191 g/mol. The second-order valence-electron chi connectivity index (χ2n) is 4.11. The number of para-hydroxylation sites is 1. The quantitative estimate of drug-likeness (QED) is 0.716. The Morgan fingerprint density at radius 2 is 1.86 bits per heavy atom. The van der Waals surface area contributed by atoms with Crippen molar-refractivity contribution in [3.05, 3.63) is 29.8 Å². The Labute approximate surface area is 84.7 Å². The summed E-state index contributed by atoms with van der Waals surface area (Å²) in [6.07, 6.45) is 4.65. The van der Waals surface area contributed by atoms with E-state index in [2.05, 4.69) is 0 Å². The lowest BCUT2D eigenvalue weighted by Crippen LogP contribution is -2.31. The minimum absolute atomic E-state index is 0.219. The van der Waals surface area contributed by atoms with Gasteiger partial charge in [-0.05, 0) is 24.5 Å². The molecule has 0 aromatic heterocycles. The fourth-order valence-electron chi connectivity index (χ4n) is 2.35. The third kappa shape index (κ3) is 1.75. The Morgan fingerprint density at radius 1 is 1.14 bits per heavy atom. The summed E-state index contributed by atoms with van der Waals surface area (Å²) in [6.45, 7) is 0. The van der Waals surface area contributed by atoms with Crippen molar-refractivity contribution >= 4 is 0 Å². The Morgan fingerprint density at radius 3 is 2.57 bits per heavy atom. The molecule has 2 rings (SSSR count). The molecule has 76 valence electrons. The topological polar surface area (TPSA) is 46.2 Å². The molecule has 0 bridgehead atoms. The Balaban J connectivity index is 2.25. The van der Waals surface area contributed by atoms with Crippen molar-refractivity contribution in [1.29, 1.82) is 0 Å². The van der Waals surface area contributed by atoms with Crippen LogP contribution in [0.25, 0.3) is 0 Å². The van der Waals surface area contributed by atoms with Crippen LogP contribution in [0.2, 0.25) is 0 Å². The van der Waals surface area contributed by atoms with Crippen LogP contribution in [0.15, 0.2) is 24.3 Å². The van der Waals surface area contributed by atoms with Crippen LogP contribution in [0, 0.1) is 0 Å². The molecule has 1 aromatic carbocycles.